The van der Waals surface area contributed by atoms with Crippen LogP contribution in [0.4, 0.5) is 22.0 Å². The van der Waals surface area contributed by atoms with Gasteiger partial charge in [-0.15, -0.1) is 11.3 Å². The molecule has 280 valence electrons. The third-order valence-electron chi connectivity index (χ3n) is 13.2. The van der Waals surface area contributed by atoms with E-state index in [4.69, 9.17) is 9.47 Å². The summed E-state index contributed by atoms with van der Waals surface area (Å²) in [5, 5.41) is 25.2. The average molecular weight is 744 g/mol. The molecule has 5 nitrogen and oxygen atoms in total. The Balaban J connectivity index is 1.21. The summed E-state index contributed by atoms with van der Waals surface area (Å²) < 4.78 is 87.1. The summed E-state index contributed by atoms with van der Waals surface area (Å²) in [7, 11) is 0. The van der Waals surface area contributed by atoms with Crippen LogP contribution >= 0.6 is 11.3 Å². The highest BCUT2D eigenvalue weighted by Crippen LogP contribution is 2.71. The van der Waals surface area contributed by atoms with Crippen molar-refractivity contribution >= 4 is 33.7 Å². The summed E-state index contributed by atoms with van der Waals surface area (Å²) in [6.07, 6.45) is -0.770. The van der Waals surface area contributed by atoms with Crippen molar-refractivity contribution in [3.63, 3.8) is 0 Å². The number of thiazole rings is 1. The van der Waals surface area contributed by atoms with Gasteiger partial charge in [0.05, 0.1) is 34.0 Å². The van der Waals surface area contributed by atoms with Crippen LogP contribution in [0.3, 0.4) is 0 Å². The molecule has 6 atom stereocenters. The van der Waals surface area contributed by atoms with Crippen molar-refractivity contribution < 1.29 is 41.6 Å². The lowest BCUT2D eigenvalue weighted by atomic mass is 9.49. The molecule has 2 aromatic carbocycles. The van der Waals surface area contributed by atoms with E-state index in [0.717, 1.165) is 43.1 Å². The van der Waals surface area contributed by atoms with Gasteiger partial charge in [-0.3, -0.25) is 0 Å². The summed E-state index contributed by atoms with van der Waals surface area (Å²) in [5.74, 6) is -7.81. The fraction of sp³-hybridized carbons (Fsp3) is 0.585. The van der Waals surface area contributed by atoms with Gasteiger partial charge in [0, 0.05) is 29.6 Å². The van der Waals surface area contributed by atoms with Crippen LogP contribution in [0.2, 0.25) is 0 Å². The normalized spacial score (nSPS) is 34.5. The first-order valence-electron chi connectivity index (χ1n) is 18.3. The topological polar surface area (TPSA) is 71.8 Å². The Kier molecular flexibility index (Phi) is 8.30. The second-order valence-corrected chi connectivity index (χ2v) is 18.4. The van der Waals surface area contributed by atoms with Crippen molar-refractivity contribution in [2.24, 2.45) is 22.7 Å². The van der Waals surface area contributed by atoms with Crippen LogP contribution < -0.4 is 0 Å². The van der Waals surface area contributed by atoms with Crippen LogP contribution in [-0.4, -0.2) is 57.5 Å². The van der Waals surface area contributed by atoms with E-state index >= 15 is 8.78 Å². The molecule has 0 radical (unpaired) electrons. The van der Waals surface area contributed by atoms with Crippen LogP contribution in [0.25, 0.3) is 22.4 Å². The third-order valence-corrected chi connectivity index (χ3v) is 14.1. The fourth-order valence-corrected chi connectivity index (χ4v) is 11.3. The molecule has 11 heteroatoms. The third kappa shape index (κ3) is 5.54. The fourth-order valence-electron chi connectivity index (χ4n) is 10.5. The lowest BCUT2D eigenvalue weighted by Gasteiger charge is -2.59. The molecule has 52 heavy (non-hydrogen) atoms. The maximum absolute atomic E-state index is 15.5. The van der Waals surface area contributed by atoms with Gasteiger partial charge in [-0.25, -0.2) is 4.98 Å². The van der Waals surface area contributed by atoms with Gasteiger partial charge in [-0.1, -0.05) is 68.8 Å². The predicted molar refractivity (Wildman–Crippen MR) is 191 cm³/mol. The number of allylic oxidation sites excluding steroid dienone is 1. The van der Waals surface area contributed by atoms with Gasteiger partial charge in [0.25, 0.3) is 0 Å². The number of hydrogen-bond donors (Lipinski definition) is 2. The highest BCUT2D eigenvalue weighted by atomic mass is 32.1. The monoisotopic (exact) mass is 743 g/mol. The summed E-state index contributed by atoms with van der Waals surface area (Å²) in [4.78, 5) is 4.59. The number of ether oxygens (including phenoxy) is 2. The van der Waals surface area contributed by atoms with Crippen molar-refractivity contribution in [3.8, 4) is 0 Å². The predicted octanol–water partition coefficient (Wildman–Crippen LogP) is 10.00. The van der Waals surface area contributed by atoms with E-state index in [1.54, 1.807) is 11.3 Å². The van der Waals surface area contributed by atoms with E-state index < -0.39 is 52.8 Å². The zero-order valence-corrected chi connectivity index (χ0v) is 30.8. The molecule has 2 heterocycles. The molecule has 3 saturated carbocycles. The number of benzene rings is 2. The first-order chi connectivity index (χ1) is 24.3. The molecule has 0 amide bonds. The minimum absolute atomic E-state index is 0.0438. The van der Waals surface area contributed by atoms with E-state index in [1.165, 1.54) is 6.92 Å². The molecule has 0 bridgehead atoms. The van der Waals surface area contributed by atoms with Crippen molar-refractivity contribution in [1.29, 1.82) is 0 Å². The molecular weight excluding hydrogens is 698 g/mol. The summed E-state index contributed by atoms with van der Waals surface area (Å²) >= 11 is 1.63. The van der Waals surface area contributed by atoms with Gasteiger partial charge < -0.3 is 19.7 Å². The molecule has 4 fully saturated rings. The number of alkyl halides is 5. The molecule has 1 saturated heterocycles. The number of fused-ring (bicyclic) bond motifs is 5. The van der Waals surface area contributed by atoms with E-state index in [1.807, 2.05) is 61.5 Å². The zero-order chi connectivity index (χ0) is 37.1. The van der Waals surface area contributed by atoms with Crippen molar-refractivity contribution in [2.75, 3.05) is 13.2 Å². The largest absolute Gasteiger partial charge is 0.456 e. The van der Waals surface area contributed by atoms with Crippen LogP contribution in [0, 0.1) is 29.6 Å². The first-order valence-corrected chi connectivity index (χ1v) is 19.2. The van der Waals surface area contributed by atoms with Gasteiger partial charge in [0.2, 0.25) is 0 Å². The lowest BCUT2D eigenvalue weighted by Crippen LogP contribution is -2.65. The molecule has 1 spiro atoms. The Labute approximate surface area is 304 Å². The Morgan fingerprint density at radius 3 is 2.33 bits per heavy atom. The number of rotatable bonds is 4. The first kappa shape index (κ1) is 36.3. The van der Waals surface area contributed by atoms with E-state index in [2.05, 4.69) is 18.8 Å². The highest BCUT2D eigenvalue weighted by Gasteiger charge is 2.79. The Hall–Kier alpha value is -2.70. The maximum atomic E-state index is 15.5. The van der Waals surface area contributed by atoms with Crippen LogP contribution in [-0.2, 0) is 9.47 Å². The van der Waals surface area contributed by atoms with E-state index in [-0.39, 0.29) is 30.6 Å². The molecule has 1 aromatic heterocycles. The molecule has 8 rings (SSSR count). The van der Waals surface area contributed by atoms with Gasteiger partial charge in [-0.2, -0.15) is 22.0 Å². The molecule has 4 aliphatic carbocycles. The summed E-state index contributed by atoms with van der Waals surface area (Å²) in [6.45, 7) is 8.52. The minimum Gasteiger partial charge on any atom is -0.385 e. The quantitative estimate of drug-likeness (QED) is 0.158. The molecular formula is C41H46F5NO4S. The van der Waals surface area contributed by atoms with E-state index in [0.29, 0.717) is 38.9 Å². The van der Waals surface area contributed by atoms with Crippen molar-refractivity contribution in [1.82, 2.24) is 4.98 Å². The number of nitrogens with zero attached hydrogens (tertiary/aromatic N) is 1. The van der Waals surface area contributed by atoms with Crippen molar-refractivity contribution in [2.45, 2.75) is 114 Å². The minimum atomic E-state index is -5.90. The average Bonchev–Trinajstić information content (AvgIpc) is 3.59. The molecule has 0 unspecified atom stereocenters. The number of aliphatic hydroxyl groups is 2. The second kappa shape index (κ2) is 11.9. The van der Waals surface area contributed by atoms with Crippen molar-refractivity contribution in [3.05, 3.63) is 75.3 Å². The molecule has 3 aromatic rings. The summed E-state index contributed by atoms with van der Waals surface area (Å²) in [6, 6.07) is 13.7. The molecule has 2 N–H and O–H groups in total. The maximum Gasteiger partial charge on any atom is 0.456 e. The Morgan fingerprint density at radius 2 is 1.62 bits per heavy atom. The number of halogens is 5. The zero-order valence-electron chi connectivity index (χ0n) is 30.0. The molecule has 5 aliphatic rings. The van der Waals surface area contributed by atoms with Gasteiger partial charge >= 0.3 is 12.1 Å². The Bertz CT molecular complexity index is 1960. The SMILES string of the molecule is Cc1nc2cc(C=Cc3cccc([C@H]4C[C@@]5(C)[C@@H](CC[C@@]5(O)C(F)(F)C(F)(F)F)[C@@H]5CC[C@@]6(O)CC7(CCC6=C54)OCC(C)(C)CO7)c3)ccc2s1. The van der Waals surface area contributed by atoms with E-state index in [9.17, 15) is 23.4 Å². The standard InChI is InChI=1S/C41H46F5NO4S/c1-24-47-32-19-26(10-11-33(32)52-24)9-8-25-6-5-7-27(18-25)29-20-36(4)30(14-17-39(36,49)40(42,43)41(44,45)46)28-12-15-37(48)21-38(16-13-31(37)34(28)29)50-22-35(2,3)23-51-38/h5-11,18-19,28-30,48-49H,12-17,20-23H2,1-4H3/t28-,29+,30-,36-,37+,39-/m0/s1. The van der Waals surface area contributed by atoms with Gasteiger partial charge in [0.15, 0.2) is 5.79 Å². The second-order valence-electron chi connectivity index (χ2n) is 17.2. The number of aromatic nitrogens is 1. The van der Waals surface area contributed by atoms with Gasteiger partial charge in [0.1, 0.15) is 5.60 Å². The Morgan fingerprint density at radius 1 is 0.904 bits per heavy atom. The number of hydrogen-bond acceptors (Lipinski definition) is 6. The lowest BCUT2D eigenvalue weighted by molar-refractivity contribution is -0.362. The van der Waals surface area contributed by atoms with Crippen LogP contribution in [0.15, 0.2) is 53.6 Å². The molecule has 1 aliphatic heterocycles. The highest BCUT2D eigenvalue weighted by molar-refractivity contribution is 7.18. The smallest absolute Gasteiger partial charge is 0.385 e. The van der Waals surface area contributed by atoms with Crippen LogP contribution in [0.1, 0.15) is 99.8 Å². The van der Waals surface area contributed by atoms with Gasteiger partial charge in [-0.05, 0) is 91.7 Å². The number of aryl methyl sites for hydroxylation is 1. The van der Waals surface area contributed by atoms with Crippen LogP contribution in [0.5, 0.6) is 0 Å². The summed E-state index contributed by atoms with van der Waals surface area (Å²) in [5.41, 5.74) is -1.21.